The highest BCUT2D eigenvalue weighted by Crippen LogP contribution is 2.22. The Morgan fingerprint density at radius 3 is 2.79 bits per heavy atom. The van der Waals surface area contributed by atoms with Crippen molar-refractivity contribution in [3.05, 3.63) is 23.8 Å². The maximum absolute atomic E-state index is 11.1. The Hall–Kier alpha value is -1.75. The highest BCUT2D eigenvalue weighted by Gasteiger charge is 2.12. The van der Waals surface area contributed by atoms with E-state index in [4.69, 9.17) is 9.84 Å². The van der Waals surface area contributed by atoms with Crippen molar-refractivity contribution in [1.82, 2.24) is 4.90 Å². The standard InChI is InChI=1S/C14H20N2O3/c1-15-13-5-4-11(10-12(13)14(17)18)19-9-8-16-6-2-3-7-16/h4-5,10,15H,2-3,6-9H2,1H3,(H,17,18). The molecule has 2 N–H and O–H groups in total. The fourth-order valence-corrected chi connectivity index (χ4v) is 2.31. The maximum atomic E-state index is 11.1. The lowest BCUT2D eigenvalue weighted by Gasteiger charge is -2.15. The van der Waals surface area contributed by atoms with Crippen molar-refractivity contribution in [3.8, 4) is 5.75 Å². The summed E-state index contributed by atoms with van der Waals surface area (Å²) in [5, 5.41) is 12.0. The number of nitrogens with zero attached hydrogens (tertiary/aromatic N) is 1. The third-order valence-corrected chi connectivity index (χ3v) is 3.37. The number of carboxylic acids is 1. The average molecular weight is 264 g/mol. The molecule has 1 aromatic carbocycles. The molecule has 0 atom stereocenters. The molecule has 0 radical (unpaired) electrons. The molecule has 1 heterocycles. The fraction of sp³-hybridized carbons (Fsp3) is 0.500. The molecule has 1 aliphatic rings. The summed E-state index contributed by atoms with van der Waals surface area (Å²) in [7, 11) is 1.70. The first-order chi connectivity index (χ1) is 9.20. The van der Waals surface area contributed by atoms with Crippen LogP contribution >= 0.6 is 0 Å². The second kappa shape index (κ2) is 6.43. The Bertz CT molecular complexity index is 442. The van der Waals surface area contributed by atoms with Gasteiger partial charge in [0, 0.05) is 19.3 Å². The van der Waals surface area contributed by atoms with Crippen LogP contribution in [-0.2, 0) is 0 Å². The van der Waals surface area contributed by atoms with Crippen LogP contribution in [0.15, 0.2) is 18.2 Å². The van der Waals surface area contributed by atoms with E-state index in [0.717, 1.165) is 19.6 Å². The summed E-state index contributed by atoms with van der Waals surface area (Å²) in [6, 6.07) is 5.09. The van der Waals surface area contributed by atoms with Crippen molar-refractivity contribution >= 4 is 11.7 Å². The number of carboxylic acid groups (broad SMARTS) is 1. The third-order valence-electron chi connectivity index (χ3n) is 3.37. The summed E-state index contributed by atoms with van der Waals surface area (Å²) >= 11 is 0. The van der Waals surface area contributed by atoms with Crippen LogP contribution in [-0.4, -0.2) is 49.3 Å². The molecule has 1 aliphatic heterocycles. The van der Waals surface area contributed by atoms with E-state index in [1.807, 2.05) is 0 Å². The molecule has 0 amide bonds. The zero-order valence-corrected chi connectivity index (χ0v) is 11.2. The van der Waals surface area contributed by atoms with Crippen LogP contribution in [0.2, 0.25) is 0 Å². The molecule has 5 nitrogen and oxygen atoms in total. The summed E-state index contributed by atoms with van der Waals surface area (Å²) in [4.78, 5) is 13.5. The Balaban J connectivity index is 1.92. The van der Waals surface area contributed by atoms with E-state index in [0.29, 0.717) is 18.0 Å². The number of hydrogen-bond donors (Lipinski definition) is 2. The lowest BCUT2D eigenvalue weighted by atomic mass is 10.1. The van der Waals surface area contributed by atoms with Gasteiger partial charge in [0.1, 0.15) is 12.4 Å². The molecule has 0 aromatic heterocycles. The molecule has 1 saturated heterocycles. The first-order valence-corrected chi connectivity index (χ1v) is 6.61. The molecule has 0 aliphatic carbocycles. The van der Waals surface area contributed by atoms with E-state index < -0.39 is 5.97 Å². The van der Waals surface area contributed by atoms with Gasteiger partial charge in [-0.1, -0.05) is 0 Å². The van der Waals surface area contributed by atoms with E-state index in [1.165, 1.54) is 12.8 Å². The van der Waals surface area contributed by atoms with E-state index in [9.17, 15) is 4.79 Å². The van der Waals surface area contributed by atoms with E-state index in [1.54, 1.807) is 25.2 Å². The number of nitrogens with one attached hydrogen (secondary N) is 1. The minimum absolute atomic E-state index is 0.237. The highest BCUT2D eigenvalue weighted by molar-refractivity contribution is 5.94. The van der Waals surface area contributed by atoms with Crippen LogP contribution < -0.4 is 10.1 Å². The molecular weight excluding hydrogens is 244 g/mol. The average Bonchev–Trinajstić information content (AvgIpc) is 2.91. The zero-order valence-electron chi connectivity index (χ0n) is 11.2. The first kappa shape index (κ1) is 13.7. The number of likely N-dealkylation sites (tertiary alicyclic amines) is 1. The number of benzene rings is 1. The molecule has 19 heavy (non-hydrogen) atoms. The van der Waals surface area contributed by atoms with Gasteiger partial charge in [0.25, 0.3) is 0 Å². The lowest BCUT2D eigenvalue weighted by Crippen LogP contribution is -2.25. The third kappa shape index (κ3) is 3.61. The van der Waals surface area contributed by atoms with Gasteiger partial charge in [0.2, 0.25) is 0 Å². The topological polar surface area (TPSA) is 61.8 Å². The molecule has 0 bridgehead atoms. The molecule has 1 fully saturated rings. The smallest absolute Gasteiger partial charge is 0.337 e. The minimum atomic E-state index is -0.950. The van der Waals surface area contributed by atoms with Crippen molar-refractivity contribution in [1.29, 1.82) is 0 Å². The van der Waals surface area contributed by atoms with Gasteiger partial charge in [-0.15, -0.1) is 0 Å². The molecule has 104 valence electrons. The second-order valence-electron chi connectivity index (χ2n) is 4.66. The summed E-state index contributed by atoms with van der Waals surface area (Å²) in [6.07, 6.45) is 2.53. The van der Waals surface area contributed by atoms with Crippen molar-refractivity contribution in [2.75, 3.05) is 38.6 Å². The number of ether oxygens (including phenoxy) is 1. The molecule has 0 spiro atoms. The van der Waals surface area contributed by atoms with Gasteiger partial charge in [-0.05, 0) is 44.1 Å². The van der Waals surface area contributed by atoms with Gasteiger partial charge >= 0.3 is 5.97 Å². The minimum Gasteiger partial charge on any atom is -0.492 e. The number of aromatic carboxylic acids is 1. The van der Waals surface area contributed by atoms with Crippen LogP contribution in [0.3, 0.4) is 0 Å². The number of rotatable bonds is 6. The Labute approximate surface area is 113 Å². The van der Waals surface area contributed by atoms with Crippen LogP contribution in [0.4, 0.5) is 5.69 Å². The normalized spacial score (nSPS) is 15.4. The molecule has 5 heteroatoms. The van der Waals surface area contributed by atoms with Crippen molar-refractivity contribution in [3.63, 3.8) is 0 Å². The van der Waals surface area contributed by atoms with Gasteiger partial charge in [-0.25, -0.2) is 4.79 Å². The van der Waals surface area contributed by atoms with Gasteiger partial charge in [0.15, 0.2) is 0 Å². The first-order valence-electron chi connectivity index (χ1n) is 6.61. The van der Waals surface area contributed by atoms with Crippen LogP contribution in [0.5, 0.6) is 5.75 Å². The number of carbonyl (C=O) groups is 1. The van der Waals surface area contributed by atoms with E-state index in [-0.39, 0.29) is 5.56 Å². The van der Waals surface area contributed by atoms with Crippen LogP contribution in [0.25, 0.3) is 0 Å². The highest BCUT2D eigenvalue weighted by atomic mass is 16.5. The van der Waals surface area contributed by atoms with Crippen LogP contribution in [0.1, 0.15) is 23.2 Å². The number of hydrogen-bond acceptors (Lipinski definition) is 4. The molecule has 0 saturated carbocycles. The van der Waals surface area contributed by atoms with Crippen LogP contribution in [0, 0.1) is 0 Å². The predicted molar refractivity (Wildman–Crippen MR) is 74.1 cm³/mol. The Morgan fingerprint density at radius 2 is 2.16 bits per heavy atom. The monoisotopic (exact) mass is 264 g/mol. The molecule has 2 rings (SSSR count). The van der Waals surface area contributed by atoms with E-state index in [2.05, 4.69) is 10.2 Å². The Kier molecular flexibility index (Phi) is 4.63. The predicted octanol–water partition coefficient (Wildman–Crippen LogP) is 1.90. The summed E-state index contributed by atoms with van der Waals surface area (Å²) in [5.41, 5.74) is 0.834. The summed E-state index contributed by atoms with van der Waals surface area (Å²) < 4.78 is 5.63. The van der Waals surface area contributed by atoms with Crippen molar-refractivity contribution in [2.45, 2.75) is 12.8 Å². The largest absolute Gasteiger partial charge is 0.492 e. The lowest BCUT2D eigenvalue weighted by molar-refractivity contribution is 0.0697. The fourth-order valence-electron chi connectivity index (χ4n) is 2.31. The van der Waals surface area contributed by atoms with Gasteiger partial charge in [0.05, 0.1) is 5.56 Å². The maximum Gasteiger partial charge on any atom is 0.337 e. The molecule has 1 aromatic rings. The summed E-state index contributed by atoms with van der Waals surface area (Å²) in [6.45, 7) is 3.78. The van der Waals surface area contributed by atoms with Gasteiger partial charge < -0.3 is 15.2 Å². The summed E-state index contributed by atoms with van der Waals surface area (Å²) in [5.74, 6) is -0.343. The van der Waals surface area contributed by atoms with Gasteiger partial charge in [-0.2, -0.15) is 0 Å². The quantitative estimate of drug-likeness (QED) is 0.821. The molecular formula is C14H20N2O3. The van der Waals surface area contributed by atoms with Crippen molar-refractivity contribution in [2.24, 2.45) is 0 Å². The zero-order chi connectivity index (χ0) is 13.7. The SMILES string of the molecule is CNc1ccc(OCCN2CCCC2)cc1C(=O)O. The van der Waals surface area contributed by atoms with Crippen molar-refractivity contribution < 1.29 is 14.6 Å². The molecule has 0 unspecified atom stereocenters. The Morgan fingerprint density at radius 1 is 1.42 bits per heavy atom. The second-order valence-corrected chi connectivity index (χ2v) is 4.66. The number of anilines is 1. The van der Waals surface area contributed by atoms with Gasteiger partial charge in [-0.3, -0.25) is 4.90 Å². The van der Waals surface area contributed by atoms with E-state index >= 15 is 0 Å².